The number of rotatable bonds is 1. The van der Waals surface area contributed by atoms with Crippen molar-refractivity contribution in [3.8, 4) is 0 Å². The Morgan fingerprint density at radius 3 is 2.67 bits per heavy atom. The number of carbonyl (C=O) groups excluding carboxylic acids is 2. The molecule has 0 amide bonds. The van der Waals surface area contributed by atoms with E-state index >= 15 is 0 Å². The summed E-state index contributed by atoms with van der Waals surface area (Å²) in [5.41, 5.74) is 1.41. The number of ether oxygens (including phenoxy) is 1. The van der Waals surface area contributed by atoms with Gasteiger partial charge in [-0.15, -0.1) is 0 Å². The second-order valence-corrected chi connectivity index (χ2v) is 3.06. The third-order valence-corrected chi connectivity index (χ3v) is 2.13. The maximum atomic E-state index is 11.1. The van der Waals surface area contributed by atoms with Gasteiger partial charge in [0.2, 0.25) is 0 Å². The Labute approximate surface area is 88.8 Å². The van der Waals surface area contributed by atoms with Crippen LogP contribution in [0.5, 0.6) is 0 Å². The van der Waals surface area contributed by atoms with E-state index in [2.05, 4.69) is 4.74 Å². The topological polar surface area (TPSA) is 48.3 Å². The van der Waals surface area contributed by atoms with Gasteiger partial charge in [0.25, 0.3) is 0 Å². The number of aromatic nitrogens is 1. The van der Waals surface area contributed by atoms with Crippen LogP contribution >= 0.6 is 0 Å². The fourth-order valence-electron chi connectivity index (χ4n) is 1.53. The van der Waals surface area contributed by atoms with E-state index < -0.39 is 0 Å². The number of esters is 1. The van der Waals surface area contributed by atoms with Gasteiger partial charge >= 0.3 is 5.97 Å². The van der Waals surface area contributed by atoms with Gasteiger partial charge in [0.1, 0.15) is 0 Å². The molecular weight excluding hydrogens is 194 g/mol. The van der Waals surface area contributed by atoms with Crippen LogP contribution < -0.4 is 0 Å². The van der Waals surface area contributed by atoms with Crippen LogP contribution in [-0.4, -0.2) is 23.4 Å². The molecule has 0 aromatic carbocycles. The van der Waals surface area contributed by atoms with Gasteiger partial charge in [0.15, 0.2) is 5.78 Å². The Kier molecular flexibility index (Phi) is 3.66. The van der Waals surface area contributed by atoms with Gasteiger partial charge in [-0.1, -0.05) is 13.8 Å². The van der Waals surface area contributed by atoms with Crippen LogP contribution in [0.2, 0.25) is 0 Å². The third kappa shape index (κ3) is 2.26. The lowest BCUT2D eigenvalue weighted by molar-refractivity contribution is -0.117. The summed E-state index contributed by atoms with van der Waals surface area (Å²) >= 11 is 0. The van der Waals surface area contributed by atoms with E-state index in [9.17, 15) is 9.59 Å². The molecule has 4 heteroatoms. The van der Waals surface area contributed by atoms with Gasteiger partial charge in [-0.25, -0.2) is 4.79 Å². The summed E-state index contributed by atoms with van der Waals surface area (Å²) in [4.78, 5) is 22.1. The minimum absolute atomic E-state index is 0.186. The molecule has 0 bridgehead atoms. The summed E-state index contributed by atoms with van der Waals surface area (Å²) in [5.74, 6) is -0.166. The van der Waals surface area contributed by atoms with Crippen LogP contribution in [0.3, 0.4) is 0 Å². The summed E-state index contributed by atoms with van der Waals surface area (Å²) in [6.07, 6.45) is 2.09. The fraction of sp³-hybridized carbons (Fsp3) is 0.455. The second kappa shape index (κ2) is 4.77. The van der Waals surface area contributed by atoms with Crippen molar-refractivity contribution in [2.75, 3.05) is 7.11 Å². The van der Waals surface area contributed by atoms with Crippen LogP contribution in [-0.2, 0) is 22.5 Å². The third-order valence-electron chi connectivity index (χ3n) is 2.13. The predicted octanol–water partition coefficient (Wildman–Crippen LogP) is 1.43. The van der Waals surface area contributed by atoms with Crippen molar-refractivity contribution in [3.05, 3.63) is 23.5 Å². The number of ketones is 1. The normalized spacial score (nSPS) is 12.9. The Morgan fingerprint density at radius 1 is 1.47 bits per heavy atom. The molecule has 1 aromatic heterocycles. The van der Waals surface area contributed by atoms with Crippen molar-refractivity contribution in [2.45, 2.75) is 26.8 Å². The molecule has 1 aliphatic rings. The van der Waals surface area contributed by atoms with E-state index in [1.165, 1.54) is 7.11 Å². The summed E-state index contributed by atoms with van der Waals surface area (Å²) in [7, 11) is 1.34. The Bertz CT molecular complexity index is 354. The fourth-order valence-corrected chi connectivity index (χ4v) is 1.53. The largest absolute Gasteiger partial charge is 0.465 e. The molecule has 2 rings (SSSR count). The molecule has 0 unspecified atom stereocenters. The van der Waals surface area contributed by atoms with E-state index in [0.717, 1.165) is 5.69 Å². The van der Waals surface area contributed by atoms with Crippen LogP contribution in [0.1, 0.15) is 29.9 Å². The highest BCUT2D eigenvalue weighted by molar-refractivity contribution is 5.91. The molecule has 1 aliphatic heterocycles. The molecule has 2 heterocycles. The molecule has 0 fully saturated rings. The highest BCUT2D eigenvalue weighted by Crippen LogP contribution is 2.16. The van der Waals surface area contributed by atoms with Crippen LogP contribution in [0.15, 0.2) is 12.3 Å². The molecule has 82 valence electrons. The Hall–Kier alpha value is -1.58. The first-order chi connectivity index (χ1) is 7.20. The van der Waals surface area contributed by atoms with E-state index in [1.807, 2.05) is 13.8 Å². The Balaban J connectivity index is 0.000000531. The van der Waals surface area contributed by atoms with Gasteiger partial charge in [-0.3, -0.25) is 4.79 Å². The Morgan fingerprint density at radius 2 is 2.13 bits per heavy atom. The van der Waals surface area contributed by atoms with Crippen LogP contribution in [0.25, 0.3) is 0 Å². The molecule has 0 atom stereocenters. The minimum atomic E-state index is -0.352. The van der Waals surface area contributed by atoms with Gasteiger partial charge in [-0.05, 0) is 6.07 Å². The van der Waals surface area contributed by atoms with E-state index in [-0.39, 0.29) is 11.8 Å². The number of carbonyl (C=O) groups is 2. The quantitative estimate of drug-likeness (QED) is 0.657. The van der Waals surface area contributed by atoms with E-state index in [0.29, 0.717) is 18.5 Å². The first-order valence-corrected chi connectivity index (χ1v) is 5.00. The zero-order valence-corrected chi connectivity index (χ0v) is 9.24. The highest BCUT2D eigenvalue weighted by Gasteiger charge is 2.21. The molecular formula is C11H15NO3. The van der Waals surface area contributed by atoms with Crippen molar-refractivity contribution < 1.29 is 14.3 Å². The average Bonchev–Trinajstić information content (AvgIpc) is 2.76. The first-order valence-electron chi connectivity index (χ1n) is 5.00. The summed E-state index contributed by atoms with van der Waals surface area (Å²) < 4.78 is 6.35. The van der Waals surface area contributed by atoms with Crippen molar-refractivity contribution >= 4 is 11.8 Å². The first kappa shape index (κ1) is 11.5. The smallest absolute Gasteiger partial charge is 0.339 e. The van der Waals surface area contributed by atoms with Gasteiger partial charge in [0.05, 0.1) is 19.2 Å². The molecule has 0 aliphatic carbocycles. The monoisotopic (exact) mass is 209 g/mol. The standard InChI is InChI=1S/C9H9NO3.C2H6/c1-13-9(12)6-2-7-3-8(11)5-10(7)4-6;1-2/h2,4H,3,5H2,1H3;1-2H3. The number of Topliss-reactive ketones (excluding diaryl/α,β-unsaturated/α-hetero) is 1. The summed E-state index contributed by atoms with van der Waals surface area (Å²) in [6, 6.07) is 1.71. The molecule has 0 saturated heterocycles. The number of fused-ring (bicyclic) bond motifs is 1. The average molecular weight is 209 g/mol. The molecule has 4 nitrogen and oxygen atoms in total. The maximum Gasteiger partial charge on any atom is 0.339 e. The van der Waals surface area contributed by atoms with Crippen molar-refractivity contribution in [1.29, 1.82) is 0 Å². The van der Waals surface area contributed by atoms with Crippen LogP contribution in [0.4, 0.5) is 0 Å². The van der Waals surface area contributed by atoms with E-state index in [1.54, 1.807) is 16.8 Å². The summed E-state index contributed by atoms with van der Waals surface area (Å²) in [5, 5.41) is 0. The van der Waals surface area contributed by atoms with Crippen molar-refractivity contribution in [1.82, 2.24) is 4.57 Å². The number of hydrogen-bond acceptors (Lipinski definition) is 3. The molecule has 0 radical (unpaired) electrons. The molecule has 0 saturated carbocycles. The predicted molar refractivity (Wildman–Crippen MR) is 55.8 cm³/mol. The summed E-state index contributed by atoms with van der Waals surface area (Å²) in [6.45, 7) is 4.38. The van der Waals surface area contributed by atoms with E-state index in [4.69, 9.17) is 0 Å². The van der Waals surface area contributed by atoms with Crippen molar-refractivity contribution in [2.24, 2.45) is 0 Å². The number of hydrogen-bond donors (Lipinski definition) is 0. The van der Waals surface area contributed by atoms with Gasteiger partial charge in [0, 0.05) is 18.3 Å². The zero-order chi connectivity index (χ0) is 11.4. The number of nitrogens with zero attached hydrogens (tertiary/aromatic N) is 1. The molecule has 1 aromatic rings. The molecule has 15 heavy (non-hydrogen) atoms. The minimum Gasteiger partial charge on any atom is -0.465 e. The number of methoxy groups -OCH3 is 1. The lowest BCUT2D eigenvalue weighted by Gasteiger charge is -1.93. The lowest BCUT2D eigenvalue weighted by atomic mass is 10.2. The highest BCUT2D eigenvalue weighted by atomic mass is 16.5. The SMILES string of the molecule is CC.COC(=O)c1cc2n(c1)CC(=O)C2. The molecule has 0 N–H and O–H groups in total. The van der Waals surface area contributed by atoms with Gasteiger partial charge in [-0.2, -0.15) is 0 Å². The zero-order valence-electron chi connectivity index (χ0n) is 9.24. The maximum absolute atomic E-state index is 11.1. The van der Waals surface area contributed by atoms with Gasteiger partial charge < -0.3 is 9.30 Å². The second-order valence-electron chi connectivity index (χ2n) is 3.06. The van der Waals surface area contributed by atoms with Crippen molar-refractivity contribution in [3.63, 3.8) is 0 Å². The van der Waals surface area contributed by atoms with Crippen LogP contribution in [0, 0.1) is 0 Å². The molecule has 0 spiro atoms. The lowest BCUT2D eigenvalue weighted by Crippen LogP contribution is -2.02.